The van der Waals surface area contributed by atoms with Gasteiger partial charge >= 0.3 is 0 Å². The predicted molar refractivity (Wildman–Crippen MR) is 48.2 cm³/mol. The van der Waals surface area contributed by atoms with Crippen molar-refractivity contribution >= 4 is 17.3 Å². The van der Waals surface area contributed by atoms with Crippen LogP contribution in [-0.4, -0.2) is 11.7 Å². The average Bonchev–Trinajstić information content (AvgIpc) is 1.82. The van der Waals surface area contributed by atoms with Crippen molar-refractivity contribution in [1.29, 1.82) is 0 Å². The molecule has 0 spiro atoms. The standard InChI is InChI=1S/C8H14OS/c1-4-5-9-8(10)6-7(2)3/h4,7H,1,5-6H2,2-3H3. The van der Waals surface area contributed by atoms with Gasteiger partial charge in [-0.3, -0.25) is 0 Å². The number of ether oxygens (including phenoxy) is 1. The zero-order valence-electron chi connectivity index (χ0n) is 6.59. The van der Waals surface area contributed by atoms with Gasteiger partial charge < -0.3 is 4.74 Å². The Hall–Kier alpha value is -0.370. The molecule has 0 bridgehead atoms. The molecular weight excluding hydrogens is 144 g/mol. The second-order valence-electron chi connectivity index (χ2n) is 2.57. The van der Waals surface area contributed by atoms with Gasteiger partial charge in [0.05, 0.1) is 0 Å². The van der Waals surface area contributed by atoms with E-state index < -0.39 is 0 Å². The molecule has 0 aliphatic carbocycles. The molecule has 0 saturated carbocycles. The molecule has 2 heteroatoms. The number of hydrogen-bond acceptors (Lipinski definition) is 2. The highest BCUT2D eigenvalue weighted by atomic mass is 32.1. The van der Waals surface area contributed by atoms with Crippen molar-refractivity contribution in [3.63, 3.8) is 0 Å². The summed E-state index contributed by atoms with van der Waals surface area (Å²) < 4.78 is 5.12. The summed E-state index contributed by atoms with van der Waals surface area (Å²) in [5.74, 6) is 0.581. The summed E-state index contributed by atoms with van der Waals surface area (Å²) in [6.07, 6.45) is 2.57. The van der Waals surface area contributed by atoms with Crippen LogP contribution in [0.4, 0.5) is 0 Å². The molecule has 0 aromatic heterocycles. The maximum absolute atomic E-state index is 5.12. The molecule has 1 nitrogen and oxygen atoms in total. The predicted octanol–water partition coefficient (Wildman–Crippen LogP) is 2.56. The number of rotatable bonds is 4. The highest BCUT2D eigenvalue weighted by Gasteiger charge is 1.99. The first kappa shape index (κ1) is 9.63. The van der Waals surface area contributed by atoms with Crippen LogP contribution in [0.3, 0.4) is 0 Å². The van der Waals surface area contributed by atoms with E-state index in [1.165, 1.54) is 0 Å². The van der Waals surface area contributed by atoms with Crippen molar-refractivity contribution in [2.45, 2.75) is 20.3 Å². The maximum Gasteiger partial charge on any atom is 0.160 e. The van der Waals surface area contributed by atoms with E-state index in [9.17, 15) is 0 Å². The fraction of sp³-hybridized carbons (Fsp3) is 0.625. The summed E-state index contributed by atoms with van der Waals surface area (Å²) in [7, 11) is 0. The first-order chi connectivity index (χ1) is 4.66. The van der Waals surface area contributed by atoms with Crippen LogP contribution >= 0.6 is 12.2 Å². The van der Waals surface area contributed by atoms with Crippen molar-refractivity contribution in [1.82, 2.24) is 0 Å². The van der Waals surface area contributed by atoms with Gasteiger partial charge in [0.2, 0.25) is 0 Å². The van der Waals surface area contributed by atoms with E-state index in [0.717, 1.165) is 6.42 Å². The summed E-state index contributed by atoms with van der Waals surface area (Å²) in [5, 5.41) is 0.690. The lowest BCUT2D eigenvalue weighted by Crippen LogP contribution is -2.04. The quantitative estimate of drug-likeness (QED) is 0.459. The number of thiocarbonyl (C=S) groups is 1. The van der Waals surface area contributed by atoms with E-state index in [1.54, 1.807) is 6.08 Å². The topological polar surface area (TPSA) is 9.23 Å². The molecule has 0 radical (unpaired) electrons. The molecular formula is C8H14OS. The Balaban J connectivity index is 3.34. The first-order valence-electron chi connectivity index (χ1n) is 3.43. The van der Waals surface area contributed by atoms with Crippen LogP contribution < -0.4 is 0 Å². The molecule has 0 aromatic rings. The molecule has 10 heavy (non-hydrogen) atoms. The van der Waals surface area contributed by atoms with Gasteiger partial charge in [0, 0.05) is 6.42 Å². The molecule has 0 aliphatic rings. The van der Waals surface area contributed by atoms with Crippen molar-refractivity contribution < 1.29 is 4.74 Å². The Morgan fingerprint density at radius 1 is 1.70 bits per heavy atom. The van der Waals surface area contributed by atoms with Crippen molar-refractivity contribution in [3.05, 3.63) is 12.7 Å². The van der Waals surface area contributed by atoms with Crippen LogP contribution in [0, 0.1) is 5.92 Å². The van der Waals surface area contributed by atoms with E-state index in [-0.39, 0.29) is 0 Å². The van der Waals surface area contributed by atoms with Gasteiger partial charge in [0.1, 0.15) is 6.61 Å². The van der Waals surface area contributed by atoms with Crippen LogP contribution in [0.5, 0.6) is 0 Å². The third-order valence-electron chi connectivity index (χ3n) is 0.937. The van der Waals surface area contributed by atoms with Gasteiger partial charge in [-0.2, -0.15) is 0 Å². The molecule has 0 atom stereocenters. The lowest BCUT2D eigenvalue weighted by molar-refractivity contribution is 0.343. The van der Waals surface area contributed by atoms with Gasteiger partial charge in [-0.1, -0.05) is 26.5 Å². The molecule has 0 heterocycles. The third kappa shape index (κ3) is 5.76. The van der Waals surface area contributed by atoms with Gasteiger partial charge in [-0.05, 0) is 18.1 Å². The van der Waals surface area contributed by atoms with Crippen LogP contribution in [0.25, 0.3) is 0 Å². The zero-order valence-corrected chi connectivity index (χ0v) is 7.41. The molecule has 0 fully saturated rings. The molecule has 0 rings (SSSR count). The fourth-order valence-corrected chi connectivity index (χ4v) is 0.946. The molecule has 0 unspecified atom stereocenters. The monoisotopic (exact) mass is 158 g/mol. The van der Waals surface area contributed by atoms with E-state index in [4.69, 9.17) is 17.0 Å². The van der Waals surface area contributed by atoms with Crippen molar-refractivity contribution in [2.24, 2.45) is 5.92 Å². The Kier molecular flexibility index (Phi) is 5.22. The van der Waals surface area contributed by atoms with Crippen molar-refractivity contribution in [2.75, 3.05) is 6.61 Å². The zero-order chi connectivity index (χ0) is 7.98. The molecule has 0 saturated heterocycles. The Labute approximate surface area is 68.1 Å². The first-order valence-corrected chi connectivity index (χ1v) is 3.84. The van der Waals surface area contributed by atoms with Crippen LogP contribution in [0.1, 0.15) is 20.3 Å². The van der Waals surface area contributed by atoms with E-state index >= 15 is 0 Å². The fourth-order valence-electron chi connectivity index (χ4n) is 0.544. The minimum absolute atomic E-state index is 0.533. The molecule has 0 aliphatic heterocycles. The average molecular weight is 158 g/mol. The largest absolute Gasteiger partial charge is 0.483 e. The summed E-state index contributed by atoms with van der Waals surface area (Å²) in [4.78, 5) is 0. The molecule has 58 valence electrons. The second-order valence-corrected chi connectivity index (χ2v) is 3.03. The number of hydrogen-bond donors (Lipinski definition) is 0. The van der Waals surface area contributed by atoms with Crippen molar-refractivity contribution in [3.8, 4) is 0 Å². The molecule has 0 aromatic carbocycles. The van der Waals surface area contributed by atoms with Crippen LogP contribution in [0.15, 0.2) is 12.7 Å². The minimum atomic E-state index is 0.533. The molecule has 0 N–H and O–H groups in total. The summed E-state index contributed by atoms with van der Waals surface area (Å²) in [6.45, 7) is 8.29. The van der Waals surface area contributed by atoms with Crippen LogP contribution in [0.2, 0.25) is 0 Å². The van der Waals surface area contributed by atoms with E-state index in [0.29, 0.717) is 17.6 Å². The van der Waals surface area contributed by atoms with Gasteiger partial charge in [0.25, 0.3) is 0 Å². The molecule has 0 amide bonds. The van der Waals surface area contributed by atoms with E-state index in [1.807, 2.05) is 0 Å². The highest BCUT2D eigenvalue weighted by molar-refractivity contribution is 7.80. The van der Waals surface area contributed by atoms with Crippen LogP contribution in [-0.2, 0) is 4.74 Å². The summed E-state index contributed by atoms with van der Waals surface area (Å²) >= 11 is 4.93. The van der Waals surface area contributed by atoms with E-state index in [2.05, 4.69) is 20.4 Å². The SMILES string of the molecule is C=CCOC(=S)CC(C)C. The smallest absolute Gasteiger partial charge is 0.160 e. The minimum Gasteiger partial charge on any atom is -0.483 e. The lowest BCUT2D eigenvalue weighted by atomic mass is 10.1. The third-order valence-corrected chi connectivity index (χ3v) is 1.22. The summed E-state index contributed by atoms with van der Waals surface area (Å²) in [5.41, 5.74) is 0. The van der Waals surface area contributed by atoms with Gasteiger partial charge in [-0.15, -0.1) is 0 Å². The Morgan fingerprint density at radius 2 is 2.30 bits per heavy atom. The highest BCUT2D eigenvalue weighted by Crippen LogP contribution is 2.02. The Bertz CT molecular complexity index is 118. The van der Waals surface area contributed by atoms with Gasteiger partial charge in [-0.25, -0.2) is 0 Å². The second kappa shape index (κ2) is 5.42. The maximum atomic E-state index is 5.12. The lowest BCUT2D eigenvalue weighted by Gasteiger charge is -2.06. The van der Waals surface area contributed by atoms with Gasteiger partial charge in [0.15, 0.2) is 5.05 Å². The normalized spacial score (nSPS) is 9.50. The Morgan fingerprint density at radius 3 is 2.70 bits per heavy atom. The summed E-state index contributed by atoms with van der Waals surface area (Å²) in [6, 6.07) is 0.